The second kappa shape index (κ2) is 5.85. The van der Waals surface area contributed by atoms with E-state index in [0.29, 0.717) is 0 Å². The number of hydrogen-bond donors (Lipinski definition) is 0. The molecule has 1 rings (SSSR count). The number of carbonyl (C=O) groups is 1. The van der Waals surface area contributed by atoms with Crippen LogP contribution in [-0.4, -0.2) is 29.2 Å². The second-order valence-corrected chi connectivity index (χ2v) is 4.51. The Morgan fingerprint density at radius 2 is 1.42 bits per heavy atom. The molecule has 0 N–H and O–H groups in total. The topological polar surface area (TPSA) is 20.3 Å². The number of nitrogens with zero attached hydrogens (tertiary/aromatic N) is 1. The third-order valence-electron chi connectivity index (χ3n) is 2.63. The van der Waals surface area contributed by atoms with Crippen LogP contribution in [0.4, 0.5) is 22.0 Å². The number of halogens is 6. The van der Waals surface area contributed by atoms with E-state index >= 15 is 0 Å². The van der Waals surface area contributed by atoms with Gasteiger partial charge in [-0.15, -0.1) is 0 Å². The zero-order valence-electron chi connectivity index (χ0n) is 9.91. The van der Waals surface area contributed by atoms with Crippen LogP contribution >= 0.6 is 15.9 Å². The Hall–Kier alpha value is -1.18. The molecule has 0 fully saturated rings. The van der Waals surface area contributed by atoms with Gasteiger partial charge in [0.2, 0.25) is 5.82 Å². The fourth-order valence-corrected chi connectivity index (χ4v) is 1.71. The van der Waals surface area contributed by atoms with Crippen molar-refractivity contribution in [2.75, 3.05) is 12.4 Å². The summed E-state index contributed by atoms with van der Waals surface area (Å²) >= 11 is 3.04. The van der Waals surface area contributed by atoms with Crippen molar-refractivity contribution in [2.45, 2.75) is 13.0 Å². The molecule has 0 radical (unpaired) electrons. The number of hydrogen-bond acceptors (Lipinski definition) is 1. The van der Waals surface area contributed by atoms with Crippen LogP contribution in [0.1, 0.15) is 17.3 Å². The molecule has 106 valence electrons. The Balaban J connectivity index is 3.40. The summed E-state index contributed by atoms with van der Waals surface area (Å²) in [6.45, 7) is 1.54. The Kier molecular flexibility index (Phi) is 4.89. The van der Waals surface area contributed by atoms with Crippen LogP contribution in [0.5, 0.6) is 0 Å². The van der Waals surface area contributed by atoms with Crippen LogP contribution in [0, 0.1) is 29.1 Å². The van der Waals surface area contributed by atoms with Crippen molar-refractivity contribution in [1.29, 1.82) is 0 Å². The molecule has 0 heterocycles. The smallest absolute Gasteiger partial charge is 0.260 e. The highest BCUT2D eigenvalue weighted by Crippen LogP contribution is 2.24. The van der Waals surface area contributed by atoms with Gasteiger partial charge in [-0.25, -0.2) is 22.0 Å². The van der Waals surface area contributed by atoms with Crippen molar-refractivity contribution in [3.63, 3.8) is 0 Å². The molecule has 2 nitrogen and oxygen atoms in total. The van der Waals surface area contributed by atoms with E-state index in [4.69, 9.17) is 0 Å². The molecule has 1 aromatic rings. The summed E-state index contributed by atoms with van der Waals surface area (Å²) in [5, 5.41) is 0.282. The van der Waals surface area contributed by atoms with E-state index in [2.05, 4.69) is 15.9 Å². The van der Waals surface area contributed by atoms with E-state index in [1.165, 1.54) is 7.05 Å². The maximum Gasteiger partial charge on any atom is 0.260 e. The van der Waals surface area contributed by atoms with E-state index in [1.807, 2.05) is 0 Å². The fraction of sp³-hybridized carbons (Fsp3) is 0.364. The van der Waals surface area contributed by atoms with Gasteiger partial charge in [-0.3, -0.25) is 4.79 Å². The summed E-state index contributed by atoms with van der Waals surface area (Å²) in [6, 6.07) is -0.484. The zero-order valence-corrected chi connectivity index (χ0v) is 11.5. The fourth-order valence-electron chi connectivity index (χ4n) is 1.27. The number of carbonyl (C=O) groups excluding carboxylic acids is 1. The number of benzene rings is 1. The maximum absolute atomic E-state index is 13.4. The van der Waals surface area contributed by atoms with Gasteiger partial charge < -0.3 is 4.90 Å². The minimum atomic E-state index is -2.29. The number of rotatable bonds is 3. The number of alkyl halides is 1. The quantitative estimate of drug-likeness (QED) is 0.356. The Morgan fingerprint density at radius 1 is 1.05 bits per heavy atom. The van der Waals surface area contributed by atoms with E-state index in [1.54, 1.807) is 6.92 Å². The van der Waals surface area contributed by atoms with Crippen molar-refractivity contribution in [1.82, 2.24) is 4.90 Å². The van der Waals surface area contributed by atoms with Crippen LogP contribution in [0.2, 0.25) is 0 Å². The molecule has 1 unspecified atom stereocenters. The van der Waals surface area contributed by atoms with Crippen molar-refractivity contribution >= 4 is 21.8 Å². The molecule has 0 aromatic heterocycles. The lowest BCUT2D eigenvalue weighted by atomic mass is 10.1. The average molecular weight is 346 g/mol. The van der Waals surface area contributed by atoms with Gasteiger partial charge in [0.15, 0.2) is 23.3 Å². The molecule has 0 saturated heterocycles. The highest BCUT2D eigenvalue weighted by Gasteiger charge is 2.32. The zero-order chi connectivity index (χ0) is 14.9. The number of amides is 1. The summed E-state index contributed by atoms with van der Waals surface area (Å²) in [5.41, 5.74) is -1.45. The summed E-state index contributed by atoms with van der Waals surface area (Å²) in [6.07, 6.45) is 0. The molecule has 0 spiro atoms. The minimum absolute atomic E-state index is 0.282. The summed E-state index contributed by atoms with van der Waals surface area (Å²) < 4.78 is 65.6. The highest BCUT2D eigenvalue weighted by atomic mass is 79.9. The Bertz CT molecular complexity index is 493. The molecule has 0 aliphatic rings. The predicted octanol–water partition coefficient (Wildman–Crippen LogP) is 3.24. The normalized spacial score (nSPS) is 12.4. The molecule has 19 heavy (non-hydrogen) atoms. The molecule has 8 heteroatoms. The largest absolute Gasteiger partial charge is 0.338 e. The molecule has 0 bridgehead atoms. The average Bonchev–Trinajstić information content (AvgIpc) is 2.41. The van der Waals surface area contributed by atoms with Crippen molar-refractivity contribution in [3.05, 3.63) is 34.6 Å². The SMILES string of the molecule is CC(CBr)N(C)C(=O)c1c(F)c(F)c(F)c(F)c1F. The summed E-state index contributed by atoms with van der Waals surface area (Å²) in [5.74, 6) is -12.1. The molecular formula is C11H9BrF5NO. The monoisotopic (exact) mass is 345 g/mol. The van der Waals surface area contributed by atoms with Crippen molar-refractivity contribution < 1.29 is 26.7 Å². The van der Waals surface area contributed by atoms with E-state index in [0.717, 1.165) is 4.90 Å². The maximum atomic E-state index is 13.4. The van der Waals surface area contributed by atoms with Crippen LogP contribution in [0.15, 0.2) is 0 Å². The summed E-state index contributed by atoms with van der Waals surface area (Å²) in [7, 11) is 1.20. The van der Waals surface area contributed by atoms with Crippen LogP contribution in [0.25, 0.3) is 0 Å². The van der Waals surface area contributed by atoms with Gasteiger partial charge in [0, 0.05) is 18.4 Å². The molecule has 0 aliphatic heterocycles. The van der Waals surface area contributed by atoms with Gasteiger partial charge >= 0.3 is 0 Å². The van der Waals surface area contributed by atoms with E-state index in [9.17, 15) is 26.7 Å². The summed E-state index contributed by atoms with van der Waals surface area (Å²) in [4.78, 5) is 12.7. The van der Waals surface area contributed by atoms with Crippen LogP contribution in [0.3, 0.4) is 0 Å². The van der Waals surface area contributed by atoms with Gasteiger partial charge in [-0.1, -0.05) is 15.9 Å². The first-order valence-electron chi connectivity index (χ1n) is 5.08. The predicted molar refractivity (Wildman–Crippen MR) is 61.6 cm³/mol. The van der Waals surface area contributed by atoms with Gasteiger partial charge in [0.25, 0.3) is 5.91 Å². The highest BCUT2D eigenvalue weighted by molar-refractivity contribution is 9.09. The Labute approximate surface area is 114 Å². The first-order valence-corrected chi connectivity index (χ1v) is 6.20. The first-order chi connectivity index (χ1) is 8.73. The second-order valence-electron chi connectivity index (χ2n) is 3.86. The van der Waals surface area contributed by atoms with Gasteiger partial charge in [0.1, 0.15) is 5.56 Å². The third-order valence-corrected chi connectivity index (χ3v) is 3.57. The molecule has 0 saturated carbocycles. The van der Waals surface area contributed by atoms with Crippen LogP contribution in [-0.2, 0) is 0 Å². The molecular weight excluding hydrogens is 337 g/mol. The standard InChI is InChI=1S/C11H9BrF5NO/c1-4(3-12)18(2)11(19)5-6(13)8(15)10(17)9(16)7(5)14/h4H,3H2,1-2H3. The van der Waals surface area contributed by atoms with Gasteiger partial charge in [0.05, 0.1) is 0 Å². The van der Waals surface area contributed by atoms with Crippen LogP contribution < -0.4 is 0 Å². The van der Waals surface area contributed by atoms with Crippen molar-refractivity contribution in [2.24, 2.45) is 0 Å². The van der Waals surface area contributed by atoms with E-state index < -0.39 is 46.6 Å². The van der Waals surface area contributed by atoms with Gasteiger partial charge in [-0.2, -0.15) is 0 Å². The van der Waals surface area contributed by atoms with Gasteiger partial charge in [-0.05, 0) is 6.92 Å². The minimum Gasteiger partial charge on any atom is -0.338 e. The Morgan fingerprint density at radius 3 is 1.79 bits per heavy atom. The first kappa shape index (κ1) is 15.9. The lowest BCUT2D eigenvalue weighted by Crippen LogP contribution is -2.37. The molecule has 1 amide bonds. The molecule has 1 atom stereocenters. The van der Waals surface area contributed by atoms with Crippen molar-refractivity contribution in [3.8, 4) is 0 Å². The lowest BCUT2D eigenvalue weighted by Gasteiger charge is -2.23. The third kappa shape index (κ3) is 2.72. The molecule has 0 aliphatic carbocycles. The van der Waals surface area contributed by atoms with E-state index in [-0.39, 0.29) is 5.33 Å². The molecule has 1 aromatic carbocycles. The lowest BCUT2D eigenvalue weighted by molar-refractivity contribution is 0.0744.